The Kier molecular flexibility index (Phi) is 4.67. The number of hydrogen-bond acceptors (Lipinski definition) is 5. The van der Waals surface area contributed by atoms with Gasteiger partial charge in [0.05, 0.1) is 17.1 Å². The van der Waals surface area contributed by atoms with Crippen LogP contribution in [0.15, 0.2) is 23.8 Å². The molecule has 2 N–H and O–H groups in total. The number of aldehydes is 1. The second kappa shape index (κ2) is 6.36. The summed E-state index contributed by atoms with van der Waals surface area (Å²) in [5.74, 6) is -0.255. The van der Waals surface area contributed by atoms with Gasteiger partial charge in [0.15, 0.2) is 0 Å². The van der Waals surface area contributed by atoms with Crippen LogP contribution in [0, 0.1) is 22.7 Å². The average Bonchev–Trinajstić information content (AvgIpc) is 2.89. The summed E-state index contributed by atoms with van der Waals surface area (Å²) in [5, 5.41) is 20.3. The maximum Gasteiger partial charge on any atom is 0.336 e. The minimum Gasteiger partial charge on any atom is -0.459 e. The van der Waals surface area contributed by atoms with Crippen LogP contribution in [0.5, 0.6) is 0 Å². The monoisotopic (exact) mass is 348 g/mol. The van der Waals surface area contributed by atoms with Gasteiger partial charge in [-0.15, -0.1) is 0 Å². The molecule has 0 radical (unpaired) electrons. The molecule has 1 aliphatic heterocycles. The average molecular weight is 348 g/mol. The van der Waals surface area contributed by atoms with Gasteiger partial charge in [0.2, 0.25) is 0 Å². The first-order valence-electron chi connectivity index (χ1n) is 9.11. The maximum absolute atomic E-state index is 11.8. The third kappa shape index (κ3) is 2.77. The lowest BCUT2D eigenvalue weighted by molar-refractivity contribution is -0.151. The fourth-order valence-electron chi connectivity index (χ4n) is 5.43. The molecule has 2 saturated carbocycles. The first-order valence-corrected chi connectivity index (χ1v) is 9.11. The van der Waals surface area contributed by atoms with Crippen LogP contribution in [-0.2, 0) is 14.3 Å². The SMILES string of the molecule is C=C1CCC2[C@](C)(C=O)[C@H](O)CC[C@@]2(C)[C@@H]1C/C=C1/C(=O)OC[C@H]1O. The lowest BCUT2D eigenvalue weighted by Gasteiger charge is -2.58. The van der Waals surface area contributed by atoms with Gasteiger partial charge in [-0.25, -0.2) is 4.79 Å². The standard InChI is InChI=1S/C20H28O5/c1-12-4-7-16-19(2,9-8-17(23)20(16,3)11-21)14(12)6-5-13-15(22)10-25-18(13)24/h5,11,14-17,22-23H,1,4,6-10H2,2-3H3/b13-5+/t14-,15-,16?,17-,19+,20+/m1/s1. The molecule has 0 aromatic heterocycles. The van der Waals surface area contributed by atoms with Crippen LogP contribution in [0.4, 0.5) is 0 Å². The van der Waals surface area contributed by atoms with E-state index in [0.717, 1.165) is 31.1 Å². The van der Waals surface area contributed by atoms with E-state index in [0.29, 0.717) is 18.4 Å². The van der Waals surface area contributed by atoms with Crippen LogP contribution in [-0.4, -0.2) is 41.3 Å². The molecule has 138 valence electrons. The molecule has 0 aromatic carbocycles. The number of ether oxygens (including phenoxy) is 1. The molecule has 1 unspecified atom stereocenters. The maximum atomic E-state index is 11.8. The summed E-state index contributed by atoms with van der Waals surface area (Å²) in [6.07, 6.45) is 4.92. The summed E-state index contributed by atoms with van der Waals surface area (Å²) in [4.78, 5) is 23.6. The highest BCUT2D eigenvalue weighted by Gasteiger charge is 2.57. The highest BCUT2D eigenvalue weighted by Crippen LogP contribution is 2.61. The fourth-order valence-corrected chi connectivity index (χ4v) is 5.43. The first kappa shape index (κ1) is 18.3. The van der Waals surface area contributed by atoms with Gasteiger partial charge in [-0.2, -0.15) is 0 Å². The predicted molar refractivity (Wildman–Crippen MR) is 92.5 cm³/mol. The molecule has 2 aliphatic carbocycles. The molecule has 5 nitrogen and oxygen atoms in total. The Morgan fingerprint density at radius 1 is 1.32 bits per heavy atom. The van der Waals surface area contributed by atoms with Crippen molar-refractivity contribution in [2.24, 2.45) is 22.7 Å². The molecule has 5 heteroatoms. The fraction of sp³-hybridized carbons (Fsp3) is 0.700. The quantitative estimate of drug-likeness (QED) is 0.353. The topological polar surface area (TPSA) is 83.8 Å². The predicted octanol–water partition coefficient (Wildman–Crippen LogP) is 2.17. The van der Waals surface area contributed by atoms with E-state index in [2.05, 4.69) is 13.5 Å². The van der Waals surface area contributed by atoms with Crippen LogP contribution in [0.3, 0.4) is 0 Å². The molecule has 3 rings (SSSR count). The van der Waals surface area contributed by atoms with Crippen molar-refractivity contribution in [2.75, 3.05) is 6.61 Å². The third-order valence-electron chi connectivity index (χ3n) is 7.06. The molecule has 3 aliphatic rings. The minimum atomic E-state index is -0.860. The lowest BCUT2D eigenvalue weighted by Crippen LogP contribution is -2.56. The van der Waals surface area contributed by atoms with E-state index >= 15 is 0 Å². The summed E-state index contributed by atoms with van der Waals surface area (Å²) in [5.41, 5.74) is 0.549. The number of cyclic esters (lactones) is 1. The van der Waals surface area contributed by atoms with E-state index in [1.54, 1.807) is 6.08 Å². The van der Waals surface area contributed by atoms with Gasteiger partial charge in [0, 0.05) is 0 Å². The van der Waals surface area contributed by atoms with Crippen molar-refractivity contribution < 1.29 is 24.5 Å². The summed E-state index contributed by atoms with van der Waals surface area (Å²) in [6, 6.07) is 0. The van der Waals surface area contributed by atoms with Crippen molar-refractivity contribution in [2.45, 2.75) is 58.2 Å². The molecule has 0 aromatic rings. The van der Waals surface area contributed by atoms with Crippen LogP contribution in [0.2, 0.25) is 0 Å². The van der Waals surface area contributed by atoms with Gasteiger partial charge in [-0.1, -0.05) is 32.1 Å². The molecular formula is C20H28O5. The van der Waals surface area contributed by atoms with Gasteiger partial charge in [-0.05, 0) is 49.4 Å². The highest BCUT2D eigenvalue weighted by molar-refractivity contribution is 5.91. The molecule has 0 spiro atoms. The van der Waals surface area contributed by atoms with E-state index in [4.69, 9.17) is 4.74 Å². The van der Waals surface area contributed by atoms with Gasteiger partial charge in [0.1, 0.15) is 19.0 Å². The second-order valence-electron chi connectivity index (χ2n) is 8.36. The summed E-state index contributed by atoms with van der Waals surface area (Å²) < 4.78 is 4.88. The number of allylic oxidation sites excluding steroid dienone is 2. The van der Waals surface area contributed by atoms with Crippen LogP contribution in [0.1, 0.15) is 46.0 Å². The number of carbonyl (C=O) groups is 2. The highest BCUT2D eigenvalue weighted by atomic mass is 16.6. The van der Waals surface area contributed by atoms with Crippen molar-refractivity contribution in [3.8, 4) is 0 Å². The molecule has 1 saturated heterocycles. The van der Waals surface area contributed by atoms with E-state index in [-0.39, 0.29) is 23.9 Å². The Morgan fingerprint density at radius 3 is 2.64 bits per heavy atom. The number of rotatable bonds is 3. The van der Waals surface area contributed by atoms with Crippen molar-refractivity contribution in [3.05, 3.63) is 23.8 Å². The molecule has 0 amide bonds. The van der Waals surface area contributed by atoms with E-state index in [1.807, 2.05) is 6.92 Å². The molecule has 0 bridgehead atoms. The molecular weight excluding hydrogens is 320 g/mol. The Morgan fingerprint density at radius 2 is 2.04 bits per heavy atom. The lowest BCUT2D eigenvalue weighted by atomic mass is 9.46. The zero-order valence-corrected chi connectivity index (χ0v) is 15.0. The van der Waals surface area contributed by atoms with Crippen molar-refractivity contribution >= 4 is 12.3 Å². The van der Waals surface area contributed by atoms with E-state index in [9.17, 15) is 19.8 Å². The van der Waals surface area contributed by atoms with Gasteiger partial charge >= 0.3 is 5.97 Å². The molecule has 25 heavy (non-hydrogen) atoms. The number of fused-ring (bicyclic) bond motifs is 1. The number of hydrogen-bond donors (Lipinski definition) is 2. The second-order valence-corrected chi connectivity index (χ2v) is 8.36. The Labute approximate surface area is 148 Å². The number of esters is 1. The first-order chi connectivity index (χ1) is 11.7. The van der Waals surface area contributed by atoms with Crippen LogP contribution >= 0.6 is 0 Å². The van der Waals surface area contributed by atoms with Gasteiger partial charge in [-0.3, -0.25) is 0 Å². The Bertz CT molecular complexity index is 624. The number of aliphatic hydroxyl groups excluding tert-OH is 2. The largest absolute Gasteiger partial charge is 0.459 e. The van der Waals surface area contributed by atoms with Crippen LogP contribution < -0.4 is 0 Å². The Balaban J connectivity index is 1.90. The van der Waals surface area contributed by atoms with Gasteiger partial charge < -0.3 is 19.7 Å². The Hall–Kier alpha value is -1.46. The van der Waals surface area contributed by atoms with Crippen molar-refractivity contribution in [3.63, 3.8) is 0 Å². The van der Waals surface area contributed by atoms with E-state index in [1.165, 1.54) is 0 Å². The molecule has 3 fully saturated rings. The van der Waals surface area contributed by atoms with Crippen molar-refractivity contribution in [1.29, 1.82) is 0 Å². The normalized spacial score (nSPS) is 46.0. The molecule has 6 atom stereocenters. The summed E-state index contributed by atoms with van der Waals surface area (Å²) >= 11 is 0. The number of aliphatic hydroxyl groups is 2. The van der Waals surface area contributed by atoms with Gasteiger partial charge in [0.25, 0.3) is 0 Å². The van der Waals surface area contributed by atoms with E-state index < -0.39 is 23.6 Å². The zero-order valence-electron chi connectivity index (χ0n) is 15.0. The molecule has 1 heterocycles. The summed E-state index contributed by atoms with van der Waals surface area (Å²) in [6.45, 7) is 8.32. The van der Waals surface area contributed by atoms with Crippen molar-refractivity contribution in [1.82, 2.24) is 0 Å². The minimum absolute atomic E-state index is 0.0194. The van der Waals surface area contributed by atoms with Crippen LogP contribution in [0.25, 0.3) is 0 Å². The number of carbonyl (C=O) groups excluding carboxylic acids is 2. The zero-order chi connectivity index (χ0) is 18.4. The third-order valence-corrected chi connectivity index (χ3v) is 7.06. The summed E-state index contributed by atoms with van der Waals surface area (Å²) in [7, 11) is 0. The smallest absolute Gasteiger partial charge is 0.336 e.